The molecule has 1 radical (unpaired) electrons. The number of hydrogen-bond acceptors (Lipinski definition) is 0. The summed E-state index contributed by atoms with van der Waals surface area (Å²) in [4.78, 5) is 0. The molecule has 0 fully saturated rings. The Balaban J connectivity index is 2.92. The third-order valence-electron chi connectivity index (χ3n) is 0.402. The van der Waals surface area contributed by atoms with Gasteiger partial charge >= 0.3 is 0 Å². The summed E-state index contributed by atoms with van der Waals surface area (Å²) >= 11 is 0. The monoisotopic (exact) mass is 79.1 g/mol. The second-order valence-electron chi connectivity index (χ2n) is 0.880. The number of rotatable bonds is 1. The molecule has 0 aliphatic carbocycles. The molecular formula is C6H7. The van der Waals surface area contributed by atoms with E-state index in [1.807, 2.05) is 6.08 Å². The molecule has 0 saturated heterocycles. The van der Waals surface area contributed by atoms with Crippen molar-refractivity contribution in [3.8, 4) is 12.3 Å². The Morgan fingerprint density at radius 2 is 2.50 bits per heavy atom. The van der Waals surface area contributed by atoms with Crippen molar-refractivity contribution in [3.05, 3.63) is 19.1 Å². The lowest BCUT2D eigenvalue weighted by Crippen LogP contribution is -1.50. The van der Waals surface area contributed by atoms with Gasteiger partial charge in [0.05, 0.1) is 0 Å². The van der Waals surface area contributed by atoms with E-state index < -0.39 is 0 Å². The fourth-order valence-electron chi connectivity index (χ4n) is 0.151. The van der Waals surface area contributed by atoms with Gasteiger partial charge in [0, 0.05) is 6.42 Å². The predicted octanol–water partition coefficient (Wildman–Crippen LogP) is 1.40. The molecule has 0 aliphatic heterocycles. The third kappa shape index (κ3) is 3.30. The number of terminal acetylenes is 1. The Morgan fingerprint density at radius 3 is 2.67 bits per heavy atom. The highest BCUT2D eigenvalue weighted by atomic mass is 13.6. The van der Waals surface area contributed by atoms with Crippen LogP contribution in [0.15, 0.2) is 12.2 Å². The fraction of sp³-hybridized carbons (Fsp3) is 0.167. The highest BCUT2D eigenvalue weighted by Gasteiger charge is 1.57. The van der Waals surface area contributed by atoms with Gasteiger partial charge in [-0.2, -0.15) is 0 Å². The molecule has 0 atom stereocenters. The summed E-state index contributed by atoms with van der Waals surface area (Å²) in [5.74, 6) is 2.44. The van der Waals surface area contributed by atoms with E-state index in [0.717, 1.165) is 0 Å². The van der Waals surface area contributed by atoms with Gasteiger partial charge in [-0.3, -0.25) is 0 Å². The molecule has 0 heteroatoms. The summed E-state index contributed by atoms with van der Waals surface area (Å²) in [5, 5.41) is 0. The fourth-order valence-corrected chi connectivity index (χ4v) is 0.151. The number of allylic oxidation sites excluding steroid dienone is 2. The molecule has 0 aromatic carbocycles. The molecule has 0 rings (SSSR count). The van der Waals surface area contributed by atoms with Crippen molar-refractivity contribution in [1.82, 2.24) is 0 Å². The Labute approximate surface area is 38.9 Å². The summed E-state index contributed by atoms with van der Waals surface area (Å²) in [7, 11) is 0. The molecule has 0 aromatic rings. The van der Waals surface area contributed by atoms with Crippen LogP contribution < -0.4 is 0 Å². The van der Waals surface area contributed by atoms with Gasteiger partial charge < -0.3 is 0 Å². The molecule has 0 N–H and O–H groups in total. The first-order valence-electron chi connectivity index (χ1n) is 1.79. The minimum absolute atomic E-state index is 0.698. The van der Waals surface area contributed by atoms with E-state index in [9.17, 15) is 0 Å². The Kier molecular flexibility index (Phi) is 3.80. The Hall–Kier alpha value is -0.700. The topological polar surface area (TPSA) is 0 Å². The predicted molar refractivity (Wildman–Crippen MR) is 27.9 cm³/mol. The van der Waals surface area contributed by atoms with Gasteiger partial charge in [0.1, 0.15) is 0 Å². The summed E-state index contributed by atoms with van der Waals surface area (Å²) in [5.41, 5.74) is 0. The van der Waals surface area contributed by atoms with Crippen molar-refractivity contribution >= 4 is 0 Å². The van der Waals surface area contributed by atoms with Gasteiger partial charge in [-0.25, -0.2) is 0 Å². The van der Waals surface area contributed by atoms with Gasteiger partial charge in [0.2, 0.25) is 0 Å². The molecule has 6 heavy (non-hydrogen) atoms. The van der Waals surface area contributed by atoms with E-state index in [-0.39, 0.29) is 0 Å². The Morgan fingerprint density at radius 1 is 1.83 bits per heavy atom. The van der Waals surface area contributed by atoms with E-state index in [2.05, 4.69) is 12.8 Å². The van der Waals surface area contributed by atoms with Crippen LogP contribution >= 0.6 is 0 Å². The van der Waals surface area contributed by atoms with Crippen LogP contribution in [0.25, 0.3) is 0 Å². The van der Waals surface area contributed by atoms with Crippen molar-refractivity contribution < 1.29 is 0 Å². The highest BCUT2D eigenvalue weighted by Crippen LogP contribution is 1.74. The molecule has 0 saturated carbocycles. The lowest BCUT2D eigenvalue weighted by molar-refractivity contribution is 1.48. The van der Waals surface area contributed by atoms with Gasteiger partial charge in [0.25, 0.3) is 0 Å². The first-order chi connectivity index (χ1) is 2.91. The molecule has 0 amide bonds. The van der Waals surface area contributed by atoms with E-state index in [1.54, 1.807) is 6.08 Å². The minimum Gasteiger partial charge on any atom is -0.120 e. The quantitative estimate of drug-likeness (QED) is 0.417. The maximum absolute atomic E-state index is 4.89. The van der Waals surface area contributed by atoms with E-state index in [0.29, 0.717) is 6.42 Å². The van der Waals surface area contributed by atoms with Crippen LogP contribution in [0.3, 0.4) is 0 Å². The van der Waals surface area contributed by atoms with Crippen LogP contribution in [0.1, 0.15) is 6.42 Å². The van der Waals surface area contributed by atoms with Gasteiger partial charge in [0.15, 0.2) is 0 Å². The summed E-state index contributed by atoms with van der Waals surface area (Å²) in [6.07, 6.45) is 9.11. The van der Waals surface area contributed by atoms with Crippen LogP contribution in [0.4, 0.5) is 0 Å². The zero-order chi connectivity index (χ0) is 4.83. The average Bonchev–Trinajstić information content (AvgIpc) is 1.61. The first-order valence-corrected chi connectivity index (χ1v) is 1.79. The maximum atomic E-state index is 4.89. The third-order valence-corrected chi connectivity index (χ3v) is 0.402. The smallest absolute Gasteiger partial charge is 0.0267 e. The second kappa shape index (κ2) is 4.30. The zero-order valence-corrected chi connectivity index (χ0v) is 3.65. The molecule has 0 heterocycles. The van der Waals surface area contributed by atoms with E-state index in [1.165, 1.54) is 0 Å². The van der Waals surface area contributed by atoms with Crippen LogP contribution in [0.5, 0.6) is 0 Å². The summed E-state index contributed by atoms with van der Waals surface area (Å²) < 4.78 is 0. The first kappa shape index (κ1) is 5.30. The van der Waals surface area contributed by atoms with Crippen molar-refractivity contribution in [2.45, 2.75) is 6.42 Å². The normalized spacial score (nSPS) is 8.67. The molecule has 0 bridgehead atoms. The minimum atomic E-state index is 0.698. The van der Waals surface area contributed by atoms with Crippen LogP contribution in [-0.2, 0) is 0 Å². The van der Waals surface area contributed by atoms with E-state index >= 15 is 0 Å². The van der Waals surface area contributed by atoms with Crippen molar-refractivity contribution in [1.29, 1.82) is 0 Å². The number of hydrogen-bond donors (Lipinski definition) is 0. The second-order valence-corrected chi connectivity index (χ2v) is 0.880. The van der Waals surface area contributed by atoms with Crippen molar-refractivity contribution in [2.75, 3.05) is 0 Å². The summed E-state index contributed by atoms with van der Waals surface area (Å²) in [6.45, 7) is 3.45. The Bertz CT molecular complexity index is 72.5. The highest BCUT2D eigenvalue weighted by molar-refractivity contribution is 4.96. The largest absolute Gasteiger partial charge is 0.120 e. The van der Waals surface area contributed by atoms with Crippen molar-refractivity contribution in [3.63, 3.8) is 0 Å². The van der Waals surface area contributed by atoms with E-state index in [4.69, 9.17) is 6.42 Å². The van der Waals surface area contributed by atoms with Gasteiger partial charge in [-0.05, 0) is 6.92 Å². The van der Waals surface area contributed by atoms with Crippen LogP contribution in [-0.4, -0.2) is 0 Å². The SMILES string of the molecule is C#CC/C=C/[CH2]. The molecule has 31 valence electrons. The molecule has 0 aliphatic rings. The lowest BCUT2D eigenvalue weighted by atomic mass is 10.4. The van der Waals surface area contributed by atoms with Gasteiger partial charge in [-0.15, -0.1) is 12.3 Å². The molecule has 0 aromatic heterocycles. The average molecular weight is 79.1 g/mol. The summed E-state index contributed by atoms with van der Waals surface area (Å²) in [6, 6.07) is 0. The molecule has 0 nitrogen and oxygen atoms in total. The zero-order valence-electron chi connectivity index (χ0n) is 3.65. The van der Waals surface area contributed by atoms with Crippen molar-refractivity contribution in [2.24, 2.45) is 0 Å². The molecular weight excluding hydrogens is 72.1 g/mol. The van der Waals surface area contributed by atoms with Crippen LogP contribution in [0.2, 0.25) is 0 Å². The molecule has 0 spiro atoms. The molecule has 0 unspecified atom stereocenters. The lowest BCUT2D eigenvalue weighted by Gasteiger charge is -1.66. The maximum Gasteiger partial charge on any atom is 0.0267 e. The standard InChI is InChI=1S/C6H7/c1-3-5-6-4-2/h1,4,6H,2,5H2/b6-4+. The van der Waals surface area contributed by atoms with Gasteiger partial charge in [-0.1, -0.05) is 12.2 Å². The van der Waals surface area contributed by atoms with Crippen LogP contribution in [0, 0.1) is 19.3 Å².